The number of hydrogen-bond acceptors (Lipinski definition) is 7. The lowest BCUT2D eigenvalue weighted by Gasteiger charge is -2.35. The average molecular weight is 271 g/mol. The Morgan fingerprint density at radius 2 is 1.81 bits per heavy atom. The van der Waals surface area contributed by atoms with Gasteiger partial charge >= 0.3 is 0 Å². The van der Waals surface area contributed by atoms with Crippen LogP contribution in [-0.2, 0) is 18.0 Å². The monoisotopic (exact) mass is 271 g/mol. The second-order valence-corrected chi connectivity index (χ2v) is 5.76. The Hall–Kier alpha value is -0.0000000000000000416. The Morgan fingerprint density at radius 3 is 2.25 bits per heavy atom. The first-order valence-electron chi connectivity index (χ1n) is 4.52. The van der Waals surface area contributed by atoms with Crippen LogP contribution in [0.2, 0.25) is 0 Å². The van der Waals surface area contributed by atoms with Gasteiger partial charge in [0.15, 0.2) is 0 Å². The standard InChI is InChI=1S/C7H16O7P2/c1-3-4-7(2)5-6-13-16(11,12)14-15(8,9)10/h2-6H2,1H3,(H,11,12)(H2,8,9,10)/p-3. The molecule has 0 fully saturated rings. The molecule has 0 amide bonds. The lowest BCUT2D eigenvalue weighted by Crippen LogP contribution is -2.19. The topological polar surface area (TPSA) is 122 Å². The summed E-state index contributed by atoms with van der Waals surface area (Å²) in [6.45, 7) is 5.29. The molecule has 0 aromatic heterocycles. The highest BCUT2D eigenvalue weighted by Crippen LogP contribution is 2.50. The van der Waals surface area contributed by atoms with Crippen molar-refractivity contribution in [3.63, 3.8) is 0 Å². The van der Waals surface area contributed by atoms with Gasteiger partial charge in [-0.15, -0.1) is 0 Å². The predicted octanol–water partition coefficient (Wildman–Crippen LogP) is 0.0631. The van der Waals surface area contributed by atoms with Crippen molar-refractivity contribution in [3.05, 3.63) is 12.2 Å². The van der Waals surface area contributed by atoms with Crippen LogP contribution in [0.15, 0.2) is 12.2 Å². The zero-order valence-electron chi connectivity index (χ0n) is 8.79. The third-order valence-electron chi connectivity index (χ3n) is 1.51. The molecule has 9 heteroatoms. The van der Waals surface area contributed by atoms with Crippen molar-refractivity contribution in [3.8, 4) is 0 Å². The Labute approximate surface area is 93.9 Å². The summed E-state index contributed by atoms with van der Waals surface area (Å²) in [7, 11) is -10.7. The van der Waals surface area contributed by atoms with Crippen molar-refractivity contribution in [2.24, 2.45) is 0 Å². The molecule has 0 aliphatic rings. The van der Waals surface area contributed by atoms with E-state index < -0.39 is 15.6 Å². The van der Waals surface area contributed by atoms with Crippen molar-refractivity contribution in [1.29, 1.82) is 0 Å². The maximum absolute atomic E-state index is 10.8. The van der Waals surface area contributed by atoms with Crippen molar-refractivity contribution in [2.45, 2.75) is 26.2 Å². The van der Waals surface area contributed by atoms with Gasteiger partial charge < -0.3 is 23.8 Å². The minimum absolute atomic E-state index is 0.255. The Bertz CT molecular complexity index is 321. The molecule has 16 heavy (non-hydrogen) atoms. The summed E-state index contributed by atoms with van der Waals surface area (Å²) in [5.41, 5.74) is 0.773. The fourth-order valence-electron chi connectivity index (χ4n) is 0.926. The highest BCUT2D eigenvalue weighted by atomic mass is 31.3. The van der Waals surface area contributed by atoms with Crippen LogP contribution in [0.4, 0.5) is 0 Å². The van der Waals surface area contributed by atoms with E-state index in [4.69, 9.17) is 0 Å². The summed E-state index contributed by atoms with van der Waals surface area (Å²) in [5.74, 6) is 0. The summed E-state index contributed by atoms with van der Waals surface area (Å²) in [5, 5.41) is 0. The molecule has 0 N–H and O–H groups in total. The van der Waals surface area contributed by atoms with Gasteiger partial charge in [0.1, 0.15) is 0 Å². The van der Waals surface area contributed by atoms with Gasteiger partial charge in [0.25, 0.3) is 7.82 Å². The normalized spacial score (nSPS) is 15.8. The molecule has 1 atom stereocenters. The smallest absolute Gasteiger partial charge is 0.271 e. The van der Waals surface area contributed by atoms with E-state index in [1.807, 2.05) is 6.92 Å². The molecule has 96 valence electrons. The zero-order chi connectivity index (χ0) is 12.8. The van der Waals surface area contributed by atoms with Crippen molar-refractivity contribution < 1.29 is 32.6 Å². The summed E-state index contributed by atoms with van der Waals surface area (Å²) in [6, 6.07) is 0. The Kier molecular flexibility index (Phi) is 6.67. The van der Waals surface area contributed by atoms with Gasteiger partial charge in [0, 0.05) is 0 Å². The molecule has 0 saturated heterocycles. The lowest BCUT2D eigenvalue weighted by atomic mass is 10.1. The van der Waals surface area contributed by atoms with Crippen LogP contribution in [0, 0.1) is 0 Å². The molecule has 0 aliphatic carbocycles. The van der Waals surface area contributed by atoms with Gasteiger partial charge in [0.05, 0.1) is 14.4 Å². The largest absolute Gasteiger partial charge is 0.790 e. The van der Waals surface area contributed by atoms with Crippen LogP contribution < -0.4 is 14.7 Å². The highest BCUT2D eigenvalue weighted by Gasteiger charge is 2.11. The molecule has 7 nitrogen and oxygen atoms in total. The van der Waals surface area contributed by atoms with Crippen LogP contribution >= 0.6 is 15.6 Å². The molecule has 0 rings (SSSR count). The highest BCUT2D eigenvalue weighted by molar-refractivity contribution is 7.58. The third-order valence-corrected chi connectivity index (χ3v) is 3.61. The minimum atomic E-state index is -5.59. The van der Waals surface area contributed by atoms with Crippen LogP contribution in [0.3, 0.4) is 0 Å². The number of rotatable bonds is 8. The molecule has 0 radical (unpaired) electrons. The number of phosphoric acid groups is 2. The summed E-state index contributed by atoms with van der Waals surface area (Å²) in [6.07, 6.45) is 1.83. The molecule has 0 aromatic rings. The van der Waals surface area contributed by atoms with E-state index >= 15 is 0 Å². The quantitative estimate of drug-likeness (QED) is 0.452. The second-order valence-electron chi connectivity index (χ2n) is 3.06. The van der Waals surface area contributed by atoms with Crippen LogP contribution in [0.25, 0.3) is 0 Å². The van der Waals surface area contributed by atoms with Gasteiger partial charge in [-0.1, -0.05) is 25.5 Å². The van der Waals surface area contributed by atoms with Gasteiger partial charge in [-0.2, -0.15) is 0 Å². The van der Waals surface area contributed by atoms with Gasteiger partial charge in [-0.05, 0) is 12.8 Å². The summed E-state index contributed by atoms with van der Waals surface area (Å²) >= 11 is 0. The van der Waals surface area contributed by atoms with Crippen LogP contribution in [-0.4, -0.2) is 6.61 Å². The zero-order valence-corrected chi connectivity index (χ0v) is 10.6. The maximum atomic E-state index is 10.8. The molecule has 0 bridgehead atoms. The van der Waals surface area contributed by atoms with E-state index in [1.54, 1.807) is 0 Å². The first-order valence-corrected chi connectivity index (χ1v) is 7.44. The molecule has 0 aliphatic heterocycles. The fraction of sp³-hybridized carbons (Fsp3) is 0.714. The third kappa shape index (κ3) is 9.24. The van der Waals surface area contributed by atoms with Gasteiger partial charge in [-0.3, -0.25) is 8.88 Å². The molecule has 0 heterocycles. The van der Waals surface area contributed by atoms with Crippen LogP contribution in [0.1, 0.15) is 26.2 Å². The first kappa shape index (κ1) is 16.0. The van der Waals surface area contributed by atoms with Gasteiger partial charge in [0.2, 0.25) is 0 Å². The molecule has 0 aromatic carbocycles. The van der Waals surface area contributed by atoms with E-state index in [1.165, 1.54) is 0 Å². The fourth-order valence-corrected chi connectivity index (χ4v) is 2.41. The van der Waals surface area contributed by atoms with E-state index in [0.717, 1.165) is 18.4 Å². The van der Waals surface area contributed by atoms with E-state index in [0.29, 0.717) is 0 Å². The summed E-state index contributed by atoms with van der Waals surface area (Å²) in [4.78, 5) is 30.8. The number of hydrogen-bond donors (Lipinski definition) is 0. The average Bonchev–Trinajstić information content (AvgIpc) is 1.98. The first-order chi connectivity index (χ1) is 7.16. The molecule has 1 unspecified atom stereocenters. The molecular weight excluding hydrogens is 258 g/mol. The Balaban J connectivity index is 3.97. The van der Waals surface area contributed by atoms with Crippen molar-refractivity contribution >= 4 is 15.6 Å². The maximum Gasteiger partial charge on any atom is 0.271 e. The SMILES string of the molecule is C=C(CCC)CCOP(=O)([O-])OP(=O)([O-])[O-]. The lowest BCUT2D eigenvalue weighted by molar-refractivity contribution is -0.339. The predicted molar refractivity (Wildman–Crippen MR) is 50.9 cm³/mol. The van der Waals surface area contributed by atoms with Crippen molar-refractivity contribution in [2.75, 3.05) is 6.61 Å². The molecular formula is C7H13O7P2-3. The molecule has 0 spiro atoms. The van der Waals surface area contributed by atoms with E-state index in [9.17, 15) is 23.8 Å². The minimum Gasteiger partial charge on any atom is -0.790 e. The van der Waals surface area contributed by atoms with Crippen molar-refractivity contribution in [1.82, 2.24) is 0 Å². The summed E-state index contributed by atoms with van der Waals surface area (Å²) < 4.78 is 28.2. The van der Waals surface area contributed by atoms with Gasteiger partial charge in [-0.25, -0.2) is 0 Å². The number of phosphoric ester groups is 1. The van der Waals surface area contributed by atoms with Crippen LogP contribution in [0.5, 0.6) is 0 Å². The van der Waals surface area contributed by atoms with E-state index in [-0.39, 0.29) is 13.0 Å². The Morgan fingerprint density at radius 1 is 1.25 bits per heavy atom. The van der Waals surface area contributed by atoms with E-state index in [2.05, 4.69) is 15.4 Å². The second kappa shape index (κ2) is 6.67. The molecule has 0 saturated carbocycles.